The number of rotatable bonds is 4. The van der Waals surface area contributed by atoms with Gasteiger partial charge in [-0.05, 0) is 5.56 Å². The molecule has 124 valence electrons. The zero-order valence-corrected chi connectivity index (χ0v) is 13.3. The number of carbonyl (C=O) groups is 2. The van der Waals surface area contributed by atoms with Gasteiger partial charge < -0.3 is 10.2 Å². The Kier molecular flexibility index (Phi) is 4.33. The number of hydrogen-bond acceptors (Lipinski definition) is 4. The van der Waals surface area contributed by atoms with Crippen LogP contribution in [0.5, 0.6) is 0 Å². The molecule has 3 rings (SSSR count). The summed E-state index contributed by atoms with van der Waals surface area (Å²) in [6.45, 7) is 0.540. The molecule has 2 aliphatic rings. The number of benzene rings is 1. The van der Waals surface area contributed by atoms with Gasteiger partial charge >= 0.3 is 0 Å². The predicted molar refractivity (Wildman–Crippen MR) is 82.3 cm³/mol. The summed E-state index contributed by atoms with van der Waals surface area (Å²) in [4.78, 5) is 25.1. The van der Waals surface area contributed by atoms with Crippen molar-refractivity contribution in [2.45, 2.75) is 12.6 Å². The molecule has 2 saturated heterocycles. The van der Waals surface area contributed by atoms with Crippen LogP contribution in [0.2, 0.25) is 0 Å². The van der Waals surface area contributed by atoms with Crippen molar-refractivity contribution in [3.63, 3.8) is 0 Å². The third kappa shape index (κ3) is 3.36. The Morgan fingerprint density at radius 3 is 2.65 bits per heavy atom. The van der Waals surface area contributed by atoms with Gasteiger partial charge in [0, 0.05) is 26.2 Å². The third-order valence-corrected chi connectivity index (χ3v) is 5.54. The van der Waals surface area contributed by atoms with Crippen LogP contribution in [0.25, 0.3) is 0 Å². The topological polar surface area (TPSA) is 98.8 Å². The van der Waals surface area contributed by atoms with Crippen molar-refractivity contribution in [2.75, 3.05) is 26.2 Å². The first-order valence-electron chi connectivity index (χ1n) is 7.33. The molecule has 1 atom stereocenters. The van der Waals surface area contributed by atoms with E-state index >= 15 is 0 Å². The van der Waals surface area contributed by atoms with Gasteiger partial charge in [-0.3, -0.25) is 9.59 Å². The molecule has 2 N–H and O–H groups in total. The van der Waals surface area contributed by atoms with E-state index in [1.54, 1.807) is 0 Å². The molecule has 2 amide bonds. The average Bonchev–Trinajstić information content (AvgIpc) is 2.57. The van der Waals surface area contributed by atoms with E-state index in [1.807, 2.05) is 30.3 Å². The Morgan fingerprint density at radius 2 is 1.91 bits per heavy atom. The first-order valence-corrected chi connectivity index (χ1v) is 8.77. The smallest absolute Gasteiger partial charge is 0.279 e. The molecule has 2 heterocycles. The highest BCUT2D eigenvalue weighted by atomic mass is 32.2. The van der Waals surface area contributed by atoms with Crippen molar-refractivity contribution in [1.29, 1.82) is 0 Å². The van der Waals surface area contributed by atoms with Gasteiger partial charge in [0.1, 0.15) is 6.04 Å². The van der Waals surface area contributed by atoms with E-state index < -0.39 is 16.3 Å². The molecule has 0 radical (unpaired) electrons. The molecule has 1 aromatic carbocycles. The number of nitrogens with zero attached hydrogens (tertiary/aromatic N) is 2. The fourth-order valence-corrected chi connectivity index (χ4v) is 3.93. The standard InChI is InChI=1S/C14H18N4O4S/c19-13-9-15-14(20)12-10-17(6-7-18(12)13)23(21,22)16-8-11-4-2-1-3-5-11/h1-5,12,16H,6-10H2,(H,15,20)/t12-/m1/s1. The van der Waals surface area contributed by atoms with E-state index in [2.05, 4.69) is 10.0 Å². The Labute approximate surface area is 134 Å². The summed E-state index contributed by atoms with van der Waals surface area (Å²) < 4.78 is 28.5. The summed E-state index contributed by atoms with van der Waals surface area (Å²) in [7, 11) is -3.71. The number of fused-ring (bicyclic) bond motifs is 1. The van der Waals surface area contributed by atoms with Gasteiger partial charge in [0.25, 0.3) is 10.2 Å². The van der Waals surface area contributed by atoms with Crippen LogP contribution in [-0.4, -0.2) is 61.7 Å². The first kappa shape index (κ1) is 15.9. The van der Waals surface area contributed by atoms with Crippen molar-refractivity contribution in [2.24, 2.45) is 0 Å². The zero-order valence-electron chi connectivity index (χ0n) is 12.4. The molecule has 23 heavy (non-hydrogen) atoms. The number of piperazine rings is 2. The van der Waals surface area contributed by atoms with Crippen LogP contribution >= 0.6 is 0 Å². The fourth-order valence-electron chi connectivity index (χ4n) is 2.74. The predicted octanol–water partition coefficient (Wildman–Crippen LogP) is -1.34. The molecule has 0 aromatic heterocycles. The van der Waals surface area contributed by atoms with Gasteiger partial charge in [0.2, 0.25) is 11.8 Å². The third-order valence-electron chi connectivity index (χ3n) is 4.02. The molecule has 9 heteroatoms. The maximum atomic E-state index is 12.4. The minimum absolute atomic E-state index is 0.0195. The maximum absolute atomic E-state index is 12.4. The lowest BCUT2D eigenvalue weighted by Crippen LogP contribution is -2.67. The minimum Gasteiger partial charge on any atom is -0.345 e. The van der Waals surface area contributed by atoms with Crippen molar-refractivity contribution >= 4 is 22.0 Å². The largest absolute Gasteiger partial charge is 0.345 e. The lowest BCUT2D eigenvalue weighted by Gasteiger charge is -2.42. The van der Waals surface area contributed by atoms with Crippen LogP contribution < -0.4 is 10.0 Å². The molecule has 2 fully saturated rings. The van der Waals surface area contributed by atoms with Crippen LogP contribution in [-0.2, 0) is 26.3 Å². The van der Waals surface area contributed by atoms with E-state index in [4.69, 9.17) is 0 Å². The highest BCUT2D eigenvalue weighted by molar-refractivity contribution is 7.87. The lowest BCUT2D eigenvalue weighted by molar-refractivity contribution is -0.147. The second-order valence-electron chi connectivity index (χ2n) is 5.49. The van der Waals surface area contributed by atoms with E-state index in [-0.39, 0.29) is 44.5 Å². The molecule has 0 aliphatic carbocycles. The maximum Gasteiger partial charge on any atom is 0.279 e. The molecular formula is C14H18N4O4S. The summed E-state index contributed by atoms with van der Waals surface area (Å²) in [5, 5.41) is 2.49. The normalized spacial score (nSPS) is 22.6. The summed E-state index contributed by atoms with van der Waals surface area (Å²) in [6, 6.07) is 8.43. The van der Waals surface area contributed by atoms with Gasteiger partial charge in [0.05, 0.1) is 6.54 Å². The molecule has 0 bridgehead atoms. The highest BCUT2D eigenvalue weighted by Crippen LogP contribution is 2.16. The molecule has 2 aliphatic heterocycles. The van der Waals surface area contributed by atoms with Crippen LogP contribution in [0.15, 0.2) is 30.3 Å². The van der Waals surface area contributed by atoms with Gasteiger partial charge in [0.15, 0.2) is 0 Å². The van der Waals surface area contributed by atoms with E-state index in [0.717, 1.165) is 5.56 Å². The summed E-state index contributed by atoms with van der Waals surface area (Å²) >= 11 is 0. The van der Waals surface area contributed by atoms with Crippen molar-refractivity contribution in [3.8, 4) is 0 Å². The summed E-state index contributed by atoms with van der Waals surface area (Å²) in [5.74, 6) is -0.489. The van der Waals surface area contributed by atoms with Crippen LogP contribution in [0, 0.1) is 0 Å². The van der Waals surface area contributed by atoms with Gasteiger partial charge in [-0.2, -0.15) is 17.4 Å². The summed E-state index contributed by atoms with van der Waals surface area (Å²) in [5.41, 5.74) is 0.847. The van der Waals surface area contributed by atoms with E-state index in [9.17, 15) is 18.0 Å². The molecular weight excluding hydrogens is 320 g/mol. The average molecular weight is 338 g/mol. The van der Waals surface area contributed by atoms with Crippen LogP contribution in [0.1, 0.15) is 5.56 Å². The highest BCUT2D eigenvalue weighted by Gasteiger charge is 2.41. The SMILES string of the molecule is O=C1NCC(=O)N2CCN(S(=O)(=O)NCc3ccccc3)C[C@H]12. The van der Waals surface area contributed by atoms with Crippen LogP contribution in [0.4, 0.5) is 0 Å². The van der Waals surface area contributed by atoms with Crippen molar-refractivity contribution in [3.05, 3.63) is 35.9 Å². The number of nitrogens with one attached hydrogen (secondary N) is 2. The number of amides is 2. The quantitative estimate of drug-likeness (QED) is 0.710. The molecule has 0 saturated carbocycles. The van der Waals surface area contributed by atoms with E-state index in [0.29, 0.717) is 0 Å². The van der Waals surface area contributed by atoms with Crippen molar-refractivity contribution < 1.29 is 18.0 Å². The summed E-state index contributed by atoms with van der Waals surface area (Å²) in [6.07, 6.45) is 0. The van der Waals surface area contributed by atoms with E-state index in [1.165, 1.54) is 9.21 Å². The second-order valence-corrected chi connectivity index (χ2v) is 7.25. The Hall–Kier alpha value is -1.97. The number of carbonyl (C=O) groups excluding carboxylic acids is 2. The zero-order chi connectivity index (χ0) is 16.4. The Bertz CT molecular complexity index is 707. The van der Waals surface area contributed by atoms with Crippen LogP contribution in [0.3, 0.4) is 0 Å². The monoisotopic (exact) mass is 338 g/mol. The van der Waals surface area contributed by atoms with Gasteiger partial charge in [-0.1, -0.05) is 30.3 Å². The Morgan fingerprint density at radius 1 is 1.17 bits per heavy atom. The first-order chi connectivity index (χ1) is 11.0. The van der Waals surface area contributed by atoms with Crippen molar-refractivity contribution in [1.82, 2.24) is 19.2 Å². The molecule has 0 unspecified atom stereocenters. The Balaban J connectivity index is 1.66. The molecule has 8 nitrogen and oxygen atoms in total. The van der Waals surface area contributed by atoms with Gasteiger partial charge in [-0.15, -0.1) is 0 Å². The minimum atomic E-state index is -3.71. The second kappa shape index (κ2) is 6.26. The molecule has 0 spiro atoms. The lowest BCUT2D eigenvalue weighted by atomic mass is 10.1. The van der Waals surface area contributed by atoms with Gasteiger partial charge in [-0.25, -0.2) is 0 Å². The number of hydrogen-bond donors (Lipinski definition) is 2. The molecule has 1 aromatic rings. The fraction of sp³-hybridized carbons (Fsp3) is 0.429.